The molecule has 14 nitrogen and oxygen atoms in total. The Balaban J connectivity index is 1.05. The fourth-order valence-corrected chi connectivity index (χ4v) is 8.27. The van der Waals surface area contributed by atoms with Crippen LogP contribution in [0.15, 0.2) is 60.8 Å². The van der Waals surface area contributed by atoms with Crippen molar-refractivity contribution >= 4 is 45.8 Å². The summed E-state index contributed by atoms with van der Waals surface area (Å²) in [6.07, 6.45) is 4.21. The predicted octanol–water partition coefficient (Wildman–Crippen LogP) is 6.86. The van der Waals surface area contributed by atoms with Crippen molar-refractivity contribution in [2.24, 2.45) is 11.8 Å². The molecule has 2 aromatic heterocycles. The Morgan fingerprint density at radius 3 is 2.29 bits per heavy atom. The summed E-state index contributed by atoms with van der Waals surface area (Å²) >= 11 is 0. The number of carboxylic acid groups (broad SMARTS) is 1. The molecule has 0 unspecified atom stereocenters. The molecule has 294 valence electrons. The third-order valence-corrected chi connectivity index (χ3v) is 11.3. The van der Waals surface area contributed by atoms with E-state index in [0.29, 0.717) is 6.54 Å². The molecule has 0 bridgehead atoms. The van der Waals surface area contributed by atoms with Crippen molar-refractivity contribution in [2.75, 3.05) is 13.7 Å². The van der Waals surface area contributed by atoms with Gasteiger partial charge in [-0.1, -0.05) is 76.6 Å². The molecule has 2 aliphatic rings. The number of methoxy groups -OCH3 is 1. The minimum atomic E-state index is -1.22. The number of fused-ring (bicyclic) bond motifs is 3. The molecule has 1 aliphatic heterocycles. The van der Waals surface area contributed by atoms with Crippen molar-refractivity contribution < 1.29 is 29.0 Å². The number of aromatic nitrogens is 4. The van der Waals surface area contributed by atoms with Crippen LogP contribution in [0.1, 0.15) is 83.4 Å². The number of nitrogens with one attached hydrogen (secondary N) is 5. The van der Waals surface area contributed by atoms with E-state index in [4.69, 9.17) is 14.7 Å². The van der Waals surface area contributed by atoms with Crippen molar-refractivity contribution in [3.63, 3.8) is 0 Å². The zero-order valence-electron chi connectivity index (χ0n) is 32.4. The Hall–Kier alpha value is -5.92. The van der Waals surface area contributed by atoms with Crippen molar-refractivity contribution in [3.05, 3.63) is 72.4 Å². The number of benzene rings is 3. The van der Waals surface area contributed by atoms with Crippen LogP contribution >= 0.6 is 0 Å². The molecule has 1 aliphatic carbocycles. The zero-order valence-corrected chi connectivity index (χ0v) is 32.4. The van der Waals surface area contributed by atoms with E-state index in [1.165, 1.54) is 7.11 Å². The van der Waals surface area contributed by atoms with E-state index in [0.717, 1.165) is 87.9 Å². The molecule has 0 radical (unpaired) electrons. The maximum absolute atomic E-state index is 13.7. The number of aromatic amines is 2. The van der Waals surface area contributed by atoms with Gasteiger partial charge in [-0.15, -0.1) is 0 Å². The first-order valence-electron chi connectivity index (χ1n) is 19.4. The Morgan fingerprint density at radius 2 is 1.57 bits per heavy atom. The third kappa shape index (κ3) is 7.77. The smallest absolute Gasteiger partial charge is 0.407 e. The van der Waals surface area contributed by atoms with Crippen LogP contribution in [-0.2, 0) is 14.3 Å². The normalized spacial score (nSPS) is 19.4. The second-order valence-corrected chi connectivity index (χ2v) is 15.7. The lowest BCUT2D eigenvalue weighted by atomic mass is 9.99. The van der Waals surface area contributed by atoms with E-state index in [1.54, 1.807) is 0 Å². The summed E-state index contributed by atoms with van der Waals surface area (Å²) in [5.74, 6) is 0.802. The summed E-state index contributed by atoms with van der Waals surface area (Å²) in [6.45, 7) is 8.04. The SMILES string of the molecule is COC(=O)N[C@H](C(=O)N1CCC[C@H]1c1nc2c(ccc3cc(-c4ccc(-c5cnc([C@@H]6CCC[C@@H]6NC(=O)[C@@H](NC(=O)O)C(C)C)[nH]5)cc4)ccc32)[nH]1)C(C)C. The van der Waals surface area contributed by atoms with Gasteiger partial charge in [0.05, 0.1) is 36.1 Å². The second kappa shape index (κ2) is 16.0. The largest absolute Gasteiger partial charge is 0.465 e. The van der Waals surface area contributed by atoms with Gasteiger partial charge >= 0.3 is 12.2 Å². The van der Waals surface area contributed by atoms with Crippen LogP contribution in [0.2, 0.25) is 0 Å². The van der Waals surface area contributed by atoms with Crippen LogP contribution in [0.3, 0.4) is 0 Å². The highest BCUT2D eigenvalue weighted by Crippen LogP contribution is 2.37. The van der Waals surface area contributed by atoms with E-state index in [2.05, 4.69) is 74.4 Å². The first kappa shape index (κ1) is 38.4. The van der Waals surface area contributed by atoms with Gasteiger partial charge in [-0.2, -0.15) is 0 Å². The quantitative estimate of drug-likeness (QED) is 0.0840. The number of hydrogen-bond donors (Lipinski definition) is 6. The number of amides is 4. The van der Waals surface area contributed by atoms with Crippen molar-refractivity contribution in [2.45, 2.75) is 89.9 Å². The predicted molar refractivity (Wildman–Crippen MR) is 213 cm³/mol. The number of alkyl carbamates (subject to hydrolysis) is 1. The summed E-state index contributed by atoms with van der Waals surface area (Å²) in [7, 11) is 1.29. The summed E-state index contributed by atoms with van der Waals surface area (Å²) in [6, 6.07) is 16.9. The van der Waals surface area contributed by atoms with Gasteiger partial charge < -0.3 is 40.7 Å². The van der Waals surface area contributed by atoms with Gasteiger partial charge in [0.15, 0.2) is 0 Å². The topological polar surface area (TPSA) is 194 Å². The average molecular weight is 763 g/mol. The second-order valence-electron chi connectivity index (χ2n) is 15.7. The molecule has 3 aromatic carbocycles. The van der Waals surface area contributed by atoms with E-state index in [-0.39, 0.29) is 41.7 Å². The number of hydrogen-bond acceptors (Lipinski definition) is 7. The maximum Gasteiger partial charge on any atom is 0.407 e. The van der Waals surface area contributed by atoms with Gasteiger partial charge in [0.25, 0.3) is 0 Å². The Morgan fingerprint density at radius 1 is 0.839 bits per heavy atom. The number of carbonyl (C=O) groups is 4. The van der Waals surface area contributed by atoms with Crippen LogP contribution in [0.5, 0.6) is 0 Å². The molecule has 3 heterocycles. The molecule has 1 saturated carbocycles. The molecule has 7 rings (SSSR count). The average Bonchev–Trinajstić information content (AvgIpc) is 4.01. The number of ether oxygens (including phenoxy) is 1. The van der Waals surface area contributed by atoms with Gasteiger partial charge in [0, 0.05) is 23.9 Å². The monoisotopic (exact) mass is 762 g/mol. The van der Waals surface area contributed by atoms with Crippen LogP contribution in [0.25, 0.3) is 44.2 Å². The third-order valence-electron chi connectivity index (χ3n) is 11.3. The van der Waals surface area contributed by atoms with Gasteiger partial charge in [-0.25, -0.2) is 19.6 Å². The fourth-order valence-electron chi connectivity index (χ4n) is 8.27. The van der Waals surface area contributed by atoms with Crippen molar-refractivity contribution in [1.29, 1.82) is 0 Å². The highest BCUT2D eigenvalue weighted by molar-refractivity contribution is 6.05. The Kier molecular flexibility index (Phi) is 11.0. The lowest BCUT2D eigenvalue weighted by Crippen LogP contribution is -2.52. The molecular formula is C42H50N8O6. The standard InChI is InChI=1S/C42H50N8O6/c1-22(2)34(48-41(53)54)39(51)46-30-9-6-8-29(30)37-43-21-32(45-37)25-13-11-24(12-14-25)26-15-17-28-27(20-26)16-18-31-36(28)47-38(44-31)33-10-7-19-50(33)40(52)35(23(3)4)49-42(55)56-5/h11-18,20-23,29-30,33-35,48H,6-10,19H2,1-5H3,(H,43,45)(H,44,47)(H,46,51)(H,49,55)(H,53,54)/t29-,30+,33+,34+,35+/m1/s1. The molecule has 5 atom stereocenters. The molecule has 56 heavy (non-hydrogen) atoms. The van der Waals surface area contributed by atoms with E-state index >= 15 is 0 Å². The van der Waals surface area contributed by atoms with Crippen LogP contribution in [0, 0.1) is 11.8 Å². The number of carbonyl (C=O) groups excluding carboxylic acids is 3. The Labute approximate surface area is 325 Å². The number of rotatable bonds is 11. The minimum Gasteiger partial charge on any atom is -0.465 e. The molecule has 0 spiro atoms. The maximum atomic E-state index is 13.7. The molecule has 1 saturated heterocycles. The van der Waals surface area contributed by atoms with E-state index < -0.39 is 24.3 Å². The number of H-pyrrole nitrogens is 2. The van der Waals surface area contributed by atoms with Gasteiger partial charge in [-0.05, 0) is 71.7 Å². The van der Waals surface area contributed by atoms with Crippen LogP contribution in [-0.4, -0.2) is 85.7 Å². The van der Waals surface area contributed by atoms with Gasteiger partial charge in [-0.3, -0.25) is 9.59 Å². The summed E-state index contributed by atoms with van der Waals surface area (Å²) < 4.78 is 4.78. The summed E-state index contributed by atoms with van der Waals surface area (Å²) in [5.41, 5.74) is 5.75. The van der Waals surface area contributed by atoms with Gasteiger partial charge in [0.1, 0.15) is 23.7 Å². The lowest BCUT2D eigenvalue weighted by molar-refractivity contribution is -0.135. The first-order chi connectivity index (χ1) is 26.9. The number of nitrogens with zero attached hydrogens (tertiary/aromatic N) is 3. The number of imidazole rings is 2. The first-order valence-corrected chi connectivity index (χ1v) is 19.4. The van der Waals surface area contributed by atoms with Crippen LogP contribution < -0.4 is 16.0 Å². The minimum absolute atomic E-state index is 0.00596. The molecule has 6 N–H and O–H groups in total. The van der Waals surface area contributed by atoms with E-state index in [9.17, 15) is 24.3 Å². The highest BCUT2D eigenvalue weighted by atomic mass is 16.5. The molecular weight excluding hydrogens is 713 g/mol. The lowest BCUT2D eigenvalue weighted by Gasteiger charge is -2.29. The van der Waals surface area contributed by atoms with Gasteiger partial charge in [0.2, 0.25) is 11.8 Å². The summed E-state index contributed by atoms with van der Waals surface area (Å²) in [5, 5.41) is 19.4. The molecule has 14 heteroatoms. The molecule has 2 fully saturated rings. The molecule has 4 amide bonds. The highest BCUT2D eigenvalue weighted by Gasteiger charge is 2.38. The zero-order chi connectivity index (χ0) is 39.7. The summed E-state index contributed by atoms with van der Waals surface area (Å²) in [4.78, 5) is 68.5. The number of likely N-dealkylation sites (tertiary alicyclic amines) is 1. The van der Waals surface area contributed by atoms with Crippen molar-refractivity contribution in [1.82, 2.24) is 40.8 Å². The fraction of sp³-hybridized carbons (Fsp3) is 0.429. The van der Waals surface area contributed by atoms with E-state index in [1.807, 2.05) is 44.9 Å². The van der Waals surface area contributed by atoms with Crippen LogP contribution in [0.4, 0.5) is 9.59 Å². The Bertz CT molecular complexity index is 2240. The van der Waals surface area contributed by atoms with Crippen molar-refractivity contribution in [3.8, 4) is 22.4 Å². The molecule has 5 aromatic rings.